The van der Waals surface area contributed by atoms with E-state index in [9.17, 15) is 0 Å². The average molecular weight is 236 g/mol. The number of hydrogen-bond acceptors (Lipinski definition) is 1. The minimum atomic E-state index is 0.560. The molecule has 0 saturated heterocycles. The number of rotatable bonds is 2. The molecule has 0 radical (unpaired) electrons. The van der Waals surface area contributed by atoms with E-state index in [-0.39, 0.29) is 0 Å². The van der Waals surface area contributed by atoms with Crippen molar-refractivity contribution in [3.05, 3.63) is 0 Å². The standard InChI is InChI=1S/C16H28O/c1-11-5-6-14-15(2,3)13-9-16(11,14)8-7-12(13)10-17-4/h11-14H,5-10H2,1-4H3/t11-,12?,13+,14+,16+/m1/s1. The van der Waals surface area contributed by atoms with Crippen LogP contribution in [0, 0.1) is 34.5 Å². The predicted molar refractivity (Wildman–Crippen MR) is 70.8 cm³/mol. The molecule has 2 bridgehead atoms. The van der Waals surface area contributed by atoms with Gasteiger partial charge in [-0.25, -0.2) is 0 Å². The summed E-state index contributed by atoms with van der Waals surface area (Å²) in [4.78, 5) is 0. The Kier molecular flexibility index (Phi) is 2.63. The van der Waals surface area contributed by atoms with Crippen LogP contribution in [0.25, 0.3) is 0 Å². The van der Waals surface area contributed by atoms with Gasteiger partial charge in [0, 0.05) is 13.7 Å². The van der Waals surface area contributed by atoms with Crippen molar-refractivity contribution in [2.45, 2.75) is 52.9 Å². The predicted octanol–water partition coefficient (Wildman–Crippen LogP) is 4.12. The Morgan fingerprint density at radius 2 is 1.94 bits per heavy atom. The van der Waals surface area contributed by atoms with E-state index in [4.69, 9.17) is 4.74 Å². The zero-order valence-corrected chi connectivity index (χ0v) is 12.0. The largest absolute Gasteiger partial charge is 0.384 e. The zero-order chi connectivity index (χ0) is 12.3. The number of ether oxygens (including phenoxy) is 1. The highest BCUT2D eigenvalue weighted by atomic mass is 16.5. The maximum absolute atomic E-state index is 5.47. The van der Waals surface area contributed by atoms with E-state index in [0.717, 1.165) is 35.7 Å². The van der Waals surface area contributed by atoms with Gasteiger partial charge in [-0.2, -0.15) is 0 Å². The fourth-order valence-electron chi connectivity index (χ4n) is 6.09. The van der Waals surface area contributed by atoms with Gasteiger partial charge in [0.1, 0.15) is 0 Å². The molecule has 1 unspecified atom stereocenters. The van der Waals surface area contributed by atoms with Gasteiger partial charge < -0.3 is 4.74 Å². The van der Waals surface area contributed by atoms with E-state index in [0.29, 0.717) is 5.41 Å². The first-order valence-corrected chi connectivity index (χ1v) is 7.51. The molecule has 0 N–H and O–H groups in total. The fraction of sp³-hybridized carbons (Fsp3) is 1.00. The summed E-state index contributed by atoms with van der Waals surface area (Å²) in [5.74, 6) is 3.72. The summed E-state index contributed by atoms with van der Waals surface area (Å²) in [5.41, 5.74) is 1.28. The van der Waals surface area contributed by atoms with Crippen molar-refractivity contribution in [3.8, 4) is 0 Å². The summed E-state index contributed by atoms with van der Waals surface area (Å²) in [5, 5.41) is 0. The highest BCUT2D eigenvalue weighted by Crippen LogP contribution is 2.72. The van der Waals surface area contributed by atoms with E-state index >= 15 is 0 Å². The topological polar surface area (TPSA) is 9.23 Å². The molecule has 3 aliphatic rings. The molecule has 1 nitrogen and oxygen atoms in total. The van der Waals surface area contributed by atoms with Crippen LogP contribution in [0.4, 0.5) is 0 Å². The second-order valence-electron chi connectivity index (χ2n) is 7.65. The lowest BCUT2D eigenvalue weighted by Gasteiger charge is -2.40. The van der Waals surface area contributed by atoms with Gasteiger partial charge in [-0.15, -0.1) is 0 Å². The lowest BCUT2D eigenvalue weighted by molar-refractivity contribution is 0.0429. The molecule has 98 valence electrons. The van der Waals surface area contributed by atoms with Crippen LogP contribution in [0.15, 0.2) is 0 Å². The van der Waals surface area contributed by atoms with Crippen LogP contribution in [-0.2, 0) is 4.74 Å². The second kappa shape index (κ2) is 3.73. The molecule has 1 heteroatoms. The number of hydrogen-bond donors (Lipinski definition) is 0. The molecule has 1 spiro atoms. The molecular weight excluding hydrogens is 208 g/mol. The highest BCUT2D eigenvalue weighted by molar-refractivity contribution is 5.13. The molecule has 0 aromatic rings. The summed E-state index contributed by atoms with van der Waals surface area (Å²) >= 11 is 0. The monoisotopic (exact) mass is 236 g/mol. The molecule has 3 fully saturated rings. The molecule has 3 saturated carbocycles. The Labute approximate surface area is 106 Å². The van der Waals surface area contributed by atoms with Crippen molar-refractivity contribution < 1.29 is 4.74 Å². The summed E-state index contributed by atoms with van der Waals surface area (Å²) in [6.45, 7) is 8.62. The molecule has 0 aliphatic heterocycles. The smallest absolute Gasteiger partial charge is 0.0493 e. The quantitative estimate of drug-likeness (QED) is 0.700. The second-order valence-corrected chi connectivity index (χ2v) is 7.65. The molecular formula is C16H28O. The Bertz CT molecular complexity index is 309. The fourth-order valence-corrected chi connectivity index (χ4v) is 6.09. The van der Waals surface area contributed by atoms with Gasteiger partial charge in [0.2, 0.25) is 0 Å². The third kappa shape index (κ3) is 1.41. The van der Waals surface area contributed by atoms with Crippen LogP contribution in [0.5, 0.6) is 0 Å². The number of fused-ring (bicyclic) bond motifs is 1. The lowest BCUT2D eigenvalue weighted by atomic mass is 9.65. The first-order valence-electron chi connectivity index (χ1n) is 7.51. The molecule has 5 atom stereocenters. The molecule has 17 heavy (non-hydrogen) atoms. The maximum atomic E-state index is 5.47. The SMILES string of the molecule is COCC1CC[C@@]23C[C@@H]1C(C)(C)[C@@H]2CC[C@H]3C. The van der Waals surface area contributed by atoms with Crippen LogP contribution < -0.4 is 0 Å². The summed E-state index contributed by atoms with van der Waals surface area (Å²) in [7, 11) is 1.87. The molecule has 0 amide bonds. The van der Waals surface area contributed by atoms with Gasteiger partial charge in [-0.1, -0.05) is 20.8 Å². The van der Waals surface area contributed by atoms with Gasteiger partial charge in [-0.3, -0.25) is 0 Å². The molecule has 3 aliphatic carbocycles. The normalized spacial score (nSPS) is 51.5. The molecule has 0 heterocycles. The van der Waals surface area contributed by atoms with E-state index in [1.807, 2.05) is 7.11 Å². The minimum Gasteiger partial charge on any atom is -0.384 e. The lowest BCUT2D eigenvalue weighted by Crippen LogP contribution is -2.33. The van der Waals surface area contributed by atoms with Crippen LogP contribution in [0.3, 0.4) is 0 Å². The van der Waals surface area contributed by atoms with Crippen molar-refractivity contribution in [2.75, 3.05) is 13.7 Å². The van der Waals surface area contributed by atoms with Crippen LogP contribution in [-0.4, -0.2) is 13.7 Å². The van der Waals surface area contributed by atoms with Gasteiger partial charge in [0.25, 0.3) is 0 Å². The molecule has 0 aromatic carbocycles. The Hall–Kier alpha value is -0.0400. The van der Waals surface area contributed by atoms with Gasteiger partial charge >= 0.3 is 0 Å². The third-order valence-electron chi connectivity index (χ3n) is 6.95. The van der Waals surface area contributed by atoms with E-state index < -0.39 is 0 Å². The van der Waals surface area contributed by atoms with E-state index in [2.05, 4.69) is 20.8 Å². The van der Waals surface area contributed by atoms with Crippen molar-refractivity contribution in [2.24, 2.45) is 34.5 Å². The first-order chi connectivity index (χ1) is 8.02. The van der Waals surface area contributed by atoms with E-state index in [1.165, 1.54) is 32.1 Å². The summed E-state index contributed by atoms with van der Waals surface area (Å²) < 4.78 is 5.47. The van der Waals surface area contributed by atoms with Gasteiger partial charge in [-0.05, 0) is 66.6 Å². The minimum absolute atomic E-state index is 0.560. The van der Waals surface area contributed by atoms with Crippen molar-refractivity contribution >= 4 is 0 Å². The molecule has 3 rings (SSSR count). The number of methoxy groups -OCH3 is 1. The summed E-state index contributed by atoms with van der Waals surface area (Å²) in [6, 6.07) is 0. The highest BCUT2D eigenvalue weighted by Gasteiger charge is 2.64. The molecule has 0 aromatic heterocycles. The van der Waals surface area contributed by atoms with Crippen molar-refractivity contribution in [1.82, 2.24) is 0 Å². The first kappa shape index (κ1) is 12.0. The third-order valence-corrected chi connectivity index (χ3v) is 6.95. The van der Waals surface area contributed by atoms with Gasteiger partial charge in [0.05, 0.1) is 0 Å². The Morgan fingerprint density at radius 1 is 1.18 bits per heavy atom. The Morgan fingerprint density at radius 3 is 2.65 bits per heavy atom. The van der Waals surface area contributed by atoms with Crippen molar-refractivity contribution in [3.63, 3.8) is 0 Å². The maximum Gasteiger partial charge on any atom is 0.0493 e. The van der Waals surface area contributed by atoms with Crippen molar-refractivity contribution in [1.29, 1.82) is 0 Å². The van der Waals surface area contributed by atoms with Crippen LogP contribution >= 0.6 is 0 Å². The van der Waals surface area contributed by atoms with Crippen LogP contribution in [0.1, 0.15) is 52.9 Å². The van der Waals surface area contributed by atoms with Crippen LogP contribution in [0.2, 0.25) is 0 Å². The summed E-state index contributed by atoms with van der Waals surface area (Å²) in [6.07, 6.45) is 7.37. The average Bonchev–Trinajstić information content (AvgIpc) is 2.68. The van der Waals surface area contributed by atoms with E-state index in [1.54, 1.807) is 0 Å². The Balaban J connectivity index is 1.93. The van der Waals surface area contributed by atoms with Gasteiger partial charge in [0.15, 0.2) is 0 Å². The zero-order valence-electron chi connectivity index (χ0n) is 12.0.